The lowest BCUT2D eigenvalue weighted by atomic mass is 9.99. The third-order valence-electron chi connectivity index (χ3n) is 4.37. The molecular weight excluding hydrogens is 418 g/mol. The zero-order valence-corrected chi connectivity index (χ0v) is 18.8. The molecule has 178 valence electrons. The van der Waals surface area contributed by atoms with Crippen molar-refractivity contribution in [1.82, 2.24) is 10.6 Å². The van der Waals surface area contributed by atoms with Gasteiger partial charge in [0.05, 0.1) is 19.8 Å². The highest BCUT2D eigenvalue weighted by atomic mass is 16.6. The van der Waals surface area contributed by atoms with Crippen molar-refractivity contribution in [3.63, 3.8) is 0 Å². The highest BCUT2D eigenvalue weighted by Crippen LogP contribution is 2.08. The van der Waals surface area contributed by atoms with Crippen LogP contribution in [-0.4, -0.2) is 69.3 Å². The van der Waals surface area contributed by atoms with Gasteiger partial charge in [0.15, 0.2) is 0 Å². The molecule has 1 aromatic rings. The van der Waals surface area contributed by atoms with Gasteiger partial charge in [0, 0.05) is 13.5 Å². The Morgan fingerprint density at radius 1 is 0.938 bits per heavy atom. The van der Waals surface area contributed by atoms with E-state index in [0.717, 1.165) is 5.56 Å². The predicted molar refractivity (Wildman–Crippen MR) is 117 cm³/mol. The van der Waals surface area contributed by atoms with E-state index in [1.165, 1.54) is 0 Å². The summed E-state index contributed by atoms with van der Waals surface area (Å²) >= 11 is 0. The quantitative estimate of drug-likeness (QED) is 0.261. The highest BCUT2D eigenvalue weighted by Gasteiger charge is 2.30. The fourth-order valence-corrected chi connectivity index (χ4v) is 2.83. The summed E-state index contributed by atoms with van der Waals surface area (Å²) in [5.41, 5.74) is 5.90. The minimum absolute atomic E-state index is 0.00234. The molecule has 0 saturated heterocycles. The fraction of sp³-hybridized carbons (Fsp3) is 0.545. The van der Waals surface area contributed by atoms with Gasteiger partial charge in [0.25, 0.3) is 5.91 Å². The maximum Gasteiger partial charge on any atom is 0.407 e. The summed E-state index contributed by atoms with van der Waals surface area (Å²) in [6, 6.07) is 6.79. The number of nitrogens with one attached hydrogen (secondary N) is 2. The van der Waals surface area contributed by atoms with Crippen LogP contribution >= 0.6 is 0 Å². The number of amides is 3. The molecular formula is C22H33N3O7. The van der Waals surface area contributed by atoms with Crippen LogP contribution in [0.2, 0.25) is 0 Å². The molecule has 0 saturated carbocycles. The normalized spacial score (nSPS) is 12.6. The predicted octanol–water partition coefficient (Wildman–Crippen LogP) is 0.572. The van der Waals surface area contributed by atoms with Crippen molar-refractivity contribution in [1.29, 1.82) is 0 Å². The second kappa shape index (κ2) is 14.9. The van der Waals surface area contributed by atoms with Gasteiger partial charge in [-0.2, -0.15) is 0 Å². The van der Waals surface area contributed by atoms with Gasteiger partial charge in [0.1, 0.15) is 18.7 Å². The lowest BCUT2D eigenvalue weighted by Crippen LogP contribution is -2.54. The van der Waals surface area contributed by atoms with E-state index in [0.29, 0.717) is 19.6 Å². The van der Waals surface area contributed by atoms with Crippen LogP contribution in [0.3, 0.4) is 0 Å². The molecule has 1 aromatic carbocycles. The molecule has 0 unspecified atom stereocenters. The Bertz CT molecular complexity index is 740. The zero-order valence-electron chi connectivity index (χ0n) is 18.8. The number of nitrogens with two attached hydrogens (primary N) is 1. The molecule has 10 heteroatoms. The Labute approximate surface area is 188 Å². The van der Waals surface area contributed by atoms with Crippen LogP contribution in [0.25, 0.3) is 0 Å². The summed E-state index contributed by atoms with van der Waals surface area (Å²) in [6.45, 7) is 4.75. The highest BCUT2D eigenvalue weighted by molar-refractivity contribution is 6.37. The van der Waals surface area contributed by atoms with E-state index in [4.69, 9.17) is 19.9 Å². The standard InChI is InChI=1S/C22H33N3O7/c1-15(2)13-18(25-22(29)32-12-11-31-10-9-30-3)21(28)24-17(19(26)20(23)27)14-16-7-5-4-6-8-16/h4-8,15,17-18H,9-14H2,1-3H3,(H2,23,27)(H,24,28)(H,25,29)/t17-,18-/m0/s1. The molecule has 4 N–H and O–H groups in total. The molecule has 0 heterocycles. The van der Waals surface area contributed by atoms with Gasteiger partial charge >= 0.3 is 6.09 Å². The molecule has 0 fully saturated rings. The Balaban J connectivity index is 2.74. The number of benzene rings is 1. The van der Waals surface area contributed by atoms with Crippen molar-refractivity contribution in [2.45, 2.75) is 38.8 Å². The monoisotopic (exact) mass is 451 g/mol. The number of hydrogen-bond donors (Lipinski definition) is 3. The Hall–Kier alpha value is -2.98. The van der Waals surface area contributed by atoms with Gasteiger partial charge in [-0.3, -0.25) is 14.4 Å². The average Bonchev–Trinajstić information content (AvgIpc) is 2.75. The first-order valence-corrected chi connectivity index (χ1v) is 10.4. The number of ether oxygens (including phenoxy) is 3. The van der Waals surface area contributed by atoms with Crippen LogP contribution in [0.1, 0.15) is 25.8 Å². The molecule has 0 aliphatic heterocycles. The lowest BCUT2D eigenvalue weighted by Gasteiger charge is -2.23. The molecule has 3 amide bonds. The lowest BCUT2D eigenvalue weighted by molar-refractivity contribution is -0.138. The van der Waals surface area contributed by atoms with Gasteiger partial charge in [-0.25, -0.2) is 4.79 Å². The number of alkyl carbamates (subject to hydrolysis) is 1. The minimum Gasteiger partial charge on any atom is -0.447 e. The molecule has 2 atom stereocenters. The largest absolute Gasteiger partial charge is 0.447 e. The number of Topliss-reactive ketones (excluding diaryl/α,β-unsaturated/α-hetero) is 1. The van der Waals surface area contributed by atoms with Gasteiger partial charge in [-0.15, -0.1) is 0 Å². The molecule has 0 radical (unpaired) electrons. The third kappa shape index (κ3) is 10.9. The third-order valence-corrected chi connectivity index (χ3v) is 4.37. The number of methoxy groups -OCH3 is 1. The molecule has 0 spiro atoms. The second-order valence-corrected chi connectivity index (χ2v) is 7.55. The molecule has 1 rings (SSSR count). The number of hydrogen-bond acceptors (Lipinski definition) is 7. The minimum atomic E-state index is -1.15. The Morgan fingerprint density at radius 2 is 1.59 bits per heavy atom. The number of carbonyl (C=O) groups is 4. The molecule has 0 aliphatic rings. The van der Waals surface area contributed by atoms with E-state index in [9.17, 15) is 19.2 Å². The van der Waals surface area contributed by atoms with E-state index in [2.05, 4.69) is 10.6 Å². The molecule has 0 bridgehead atoms. The SMILES string of the molecule is COCCOCCOC(=O)N[C@@H](CC(C)C)C(=O)N[C@@H](Cc1ccccc1)C(=O)C(N)=O. The number of primary amides is 1. The average molecular weight is 452 g/mol. The molecule has 32 heavy (non-hydrogen) atoms. The summed E-state index contributed by atoms with van der Waals surface area (Å²) < 4.78 is 15.1. The summed E-state index contributed by atoms with van der Waals surface area (Å²) in [5.74, 6) is -2.61. The maximum atomic E-state index is 12.9. The van der Waals surface area contributed by atoms with Crippen molar-refractivity contribution in [3.8, 4) is 0 Å². The van der Waals surface area contributed by atoms with Crippen molar-refractivity contribution >= 4 is 23.7 Å². The van der Waals surface area contributed by atoms with Crippen LogP contribution in [0.4, 0.5) is 4.79 Å². The van der Waals surface area contributed by atoms with Crippen molar-refractivity contribution in [3.05, 3.63) is 35.9 Å². The maximum absolute atomic E-state index is 12.9. The summed E-state index contributed by atoms with van der Waals surface area (Å²) in [6.07, 6.45) is -0.401. The van der Waals surface area contributed by atoms with E-state index >= 15 is 0 Å². The van der Waals surface area contributed by atoms with Crippen LogP contribution in [0.15, 0.2) is 30.3 Å². The van der Waals surface area contributed by atoms with E-state index in [1.807, 2.05) is 19.9 Å². The first kappa shape index (κ1) is 27.1. The summed E-state index contributed by atoms with van der Waals surface area (Å²) in [4.78, 5) is 48.7. The van der Waals surface area contributed by atoms with Crippen LogP contribution < -0.4 is 16.4 Å². The first-order chi connectivity index (χ1) is 15.2. The fourth-order valence-electron chi connectivity index (χ4n) is 2.83. The molecule has 10 nitrogen and oxygen atoms in total. The molecule has 0 aliphatic carbocycles. The van der Waals surface area contributed by atoms with Crippen LogP contribution in [-0.2, 0) is 35.0 Å². The smallest absolute Gasteiger partial charge is 0.407 e. The van der Waals surface area contributed by atoms with Crippen LogP contribution in [0, 0.1) is 5.92 Å². The number of carbonyl (C=O) groups excluding carboxylic acids is 4. The number of ketones is 1. The molecule has 0 aromatic heterocycles. The number of rotatable bonds is 15. The van der Waals surface area contributed by atoms with E-state index in [1.54, 1.807) is 31.4 Å². The van der Waals surface area contributed by atoms with Gasteiger partial charge in [-0.1, -0.05) is 44.2 Å². The van der Waals surface area contributed by atoms with Gasteiger partial charge in [-0.05, 0) is 17.9 Å². The summed E-state index contributed by atoms with van der Waals surface area (Å²) in [5, 5.41) is 5.06. The van der Waals surface area contributed by atoms with E-state index < -0.39 is 35.8 Å². The van der Waals surface area contributed by atoms with Crippen molar-refractivity contribution in [2.75, 3.05) is 33.5 Å². The van der Waals surface area contributed by atoms with Gasteiger partial charge in [0.2, 0.25) is 11.7 Å². The van der Waals surface area contributed by atoms with Crippen LogP contribution in [0.5, 0.6) is 0 Å². The van der Waals surface area contributed by atoms with E-state index in [-0.39, 0.29) is 25.6 Å². The van der Waals surface area contributed by atoms with Crippen molar-refractivity contribution < 1.29 is 33.4 Å². The second-order valence-electron chi connectivity index (χ2n) is 7.55. The zero-order chi connectivity index (χ0) is 23.9. The Morgan fingerprint density at radius 3 is 2.19 bits per heavy atom. The van der Waals surface area contributed by atoms with Crippen molar-refractivity contribution in [2.24, 2.45) is 11.7 Å². The van der Waals surface area contributed by atoms with Gasteiger partial charge < -0.3 is 30.6 Å². The Kier molecular flexibility index (Phi) is 12.6. The first-order valence-electron chi connectivity index (χ1n) is 10.4. The summed E-state index contributed by atoms with van der Waals surface area (Å²) in [7, 11) is 1.55. The topological polar surface area (TPSA) is 146 Å².